The molecule has 5 nitrogen and oxygen atoms in total. The fourth-order valence-electron chi connectivity index (χ4n) is 1.41. The van der Waals surface area contributed by atoms with Crippen LogP contribution in [0.25, 0.3) is 0 Å². The Labute approximate surface area is 103 Å². The molecule has 0 spiro atoms. The summed E-state index contributed by atoms with van der Waals surface area (Å²) < 4.78 is 1.57. The van der Waals surface area contributed by atoms with Gasteiger partial charge in [0.15, 0.2) is 11.4 Å². The van der Waals surface area contributed by atoms with Gasteiger partial charge >= 0.3 is 0 Å². The van der Waals surface area contributed by atoms with Gasteiger partial charge in [0.1, 0.15) is 17.3 Å². The lowest BCUT2D eigenvalue weighted by Gasteiger charge is -2.03. The summed E-state index contributed by atoms with van der Waals surface area (Å²) in [4.78, 5) is 7.95. The molecule has 2 aromatic heterocycles. The fourth-order valence-corrected chi connectivity index (χ4v) is 1.60. The van der Waals surface area contributed by atoms with Gasteiger partial charge in [0.2, 0.25) is 0 Å². The highest BCUT2D eigenvalue weighted by Crippen LogP contribution is 2.10. The van der Waals surface area contributed by atoms with Crippen molar-refractivity contribution >= 4 is 11.6 Å². The molecular formula is C11H6ClN5. The molecule has 0 saturated heterocycles. The highest BCUT2D eigenvalue weighted by Gasteiger charge is 2.10. The molecule has 0 aliphatic rings. The highest BCUT2D eigenvalue weighted by molar-refractivity contribution is 6.29. The van der Waals surface area contributed by atoms with Crippen molar-refractivity contribution in [1.29, 1.82) is 10.5 Å². The molecule has 0 aromatic carbocycles. The van der Waals surface area contributed by atoms with Gasteiger partial charge in [-0.1, -0.05) is 17.7 Å². The van der Waals surface area contributed by atoms with Crippen molar-refractivity contribution in [1.82, 2.24) is 14.5 Å². The van der Waals surface area contributed by atoms with Crippen molar-refractivity contribution in [2.75, 3.05) is 0 Å². The van der Waals surface area contributed by atoms with Gasteiger partial charge in [-0.15, -0.1) is 0 Å². The minimum atomic E-state index is 0.120. The topological polar surface area (TPSA) is 78.3 Å². The maximum absolute atomic E-state index is 8.94. The Balaban J connectivity index is 2.35. The molecule has 0 fully saturated rings. The van der Waals surface area contributed by atoms with Gasteiger partial charge < -0.3 is 4.57 Å². The van der Waals surface area contributed by atoms with E-state index in [1.54, 1.807) is 22.8 Å². The highest BCUT2D eigenvalue weighted by atomic mass is 35.5. The van der Waals surface area contributed by atoms with Gasteiger partial charge in [0, 0.05) is 0 Å². The number of aromatic nitrogens is 3. The second-order valence-electron chi connectivity index (χ2n) is 3.24. The first-order chi connectivity index (χ1) is 8.24. The summed E-state index contributed by atoms with van der Waals surface area (Å²) >= 11 is 5.76. The molecule has 0 N–H and O–H groups in total. The molecule has 17 heavy (non-hydrogen) atoms. The first-order valence-corrected chi connectivity index (χ1v) is 5.09. The minimum absolute atomic E-state index is 0.120. The standard InChI is InChI=1S/C11H6ClN5/c12-11-3-1-2-8(16-11)6-17-7-15-9(4-13)10(17)5-14/h1-3,7H,6H2. The molecule has 0 radical (unpaired) electrons. The zero-order valence-electron chi connectivity index (χ0n) is 8.63. The number of nitriles is 2. The molecule has 2 rings (SSSR count). The largest absolute Gasteiger partial charge is 0.315 e. The van der Waals surface area contributed by atoms with Crippen LogP contribution < -0.4 is 0 Å². The van der Waals surface area contributed by atoms with E-state index >= 15 is 0 Å². The van der Waals surface area contributed by atoms with Crippen LogP contribution in [0.3, 0.4) is 0 Å². The summed E-state index contributed by atoms with van der Waals surface area (Å²) in [6, 6.07) is 9.05. The molecular weight excluding hydrogens is 238 g/mol. The molecule has 2 aromatic rings. The zero-order chi connectivity index (χ0) is 12.3. The Hall–Kier alpha value is -2.37. The number of hydrogen-bond acceptors (Lipinski definition) is 4. The van der Waals surface area contributed by atoms with Crippen molar-refractivity contribution in [3.8, 4) is 12.1 Å². The third-order valence-electron chi connectivity index (χ3n) is 2.15. The minimum Gasteiger partial charge on any atom is -0.315 e. The molecule has 0 atom stereocenters. The van der Waals surface area contributed by atoms with E-state index in [2.05, 4.69) is 9.97 Å². The lowest BCUT2D eigenvalue weighted by molar-refractivity contribution is 0.763. The van der Waals surface area contributed by atoms with Crippen LogP contribution in [0.5, 0.6) is 0 Å². The molecule has 0 aliphatic carbocycles. The molecule has 6 heteroatoms. The molecule has 0 saturated carbocycles. The number of hydrogen-bond donors (Lipinski definition) is 0. The third-order valence-corrected chi connectivity index (χ3v) is 2.37. The zero-order valence-corrected chi connectivity index (χ0v) is 9.39. The van der Waals surface area contributed by atoms with Gasteiger partial charge in [0.05, 0.1) is 18.6 Å². The van der Waals surface area contributed by atoms with E-state index in [0.717, 1.165) is 0 Å². The number of halogens is 1. The lowest BCUT2D eigenvalue weighted by atomic mass is 10.3. The third kappa shape index (κ3) is 2.25. The quantitative estimate of drug-likeness (QED) is 0.753. The van der Waals surface area contributed by atoms with Gasteiger partial charge in [-0.3, -0.25) is 0 Å². The molecule has 0 amide bonds. The van der Waals surface area contributed by atoms with Crippen LogP contribution >= 0.6 is 11.6 Å². The SMILES string of the molecule is N#Cc1ncn(Cc2cccc(Cl)n2)c1C#N. The van der Waals surface area contributed by atoms with Gasteiger partial charge in [-0.2, -0.15) is 10.5 Å². The summed E-state index contributed by atoms with van der Waals surface area (Å²) in [5.41, 5.74) is 1.06. The second kappa shape index (κ2) is 4.65. The summed E-state index contributed by atoms with van der Waals surface area (Å²) in [6.45, 7) is 0.359. The van der Waals surface area contributed by atoms with E-state index in [9.17, 15) is 0 Å². The van der Waals surface area contributed by atoms with Gasteiger partial charge in [-0.05, 0) is 12.1 Å². The van der Waals surface area contributed by atoms with Crippen LogP contribution in [0.1, 0.15) is 17.1 Å². The smallest absolute Gasteiger partial charge is 0.176 e. The van der Waals surface area contributed by atoms with E-state index < -0.39 is 0 Å². The summed E-state index contributed by atoms with van der Waals surface area (Å²) in [7, 11) is 0. The van der Waals surface area contributed by atoms with Crippen molar-refractivity contribution in [2.24, 2.45) is 0 Å². The predicted molar refractivity (Wildman–Crippen MR) is 60.0 cm³/mol. The Morgan fingerprint density at radius 1 is 1.29 bits per heavy atom. The monoisotopic (exact) mass is 243 g/mol. The Bertz CT molecular complexity index is 632. The molecule has 82 valence electrons. The average Bonchev–Trinajstić information content (AvgIpc) is 2.71. The number of nitrogens with zero attached hydrogens (tertiary/aromatic N) is 5. The van der Waals surface area contributed by atoms with Crippen LogP contribution in [-0.2, 0) is 6.54 Å². The normalized spacial score (nSPS) is 9.59. The van der Waals surface area contributed by atoms with Crippen LogP contribution in [0.4, 0.5) is 0 Å². The van der Waals surface area contributed by atoms with E-state index in [4.69, 9.17) is 22.1 Å². The summed E-state index contributed by atoms with van der Waals surface area (Å²) in [5.74, 6) is 0. The Morgan fingerprint density at radius 2 is 2.12 bits per heavy atom. The van der Waals surface area contributed by atoms with Crippen LogP contribution in [0.2, 0.25) is 5.15 Å². The second-order valence-corrected chi connectivity index (χ2v) is 3.63. The Kier molecular flexibility index (Phi) is 3.04. The average molecular weight is 244 g/mol. The number of imidazole rings is 1. The Morgan fingerprint density at radius 3 is 2.76 bits per heavy atom. The molecule has 0 aliphatic heterocycles. The maximum Gasteiger partial charge on any atom is 0.176 e. The first-order valence-electron chi connectivity index (χ1n) is 4.71. The van der Waals surface area contributed by atoms with Crippen molar-refractivity contribution < 1.29 is 0 Å². The van der Waals surface area contributed by atoms with Gasteiger partial charge in [0.25, 0.3) is 0 Å². The van der Waals surface area contributed by atoms with Gasteiger partial charge in [-0.25, -0.2) is 9.97 Å². The first kappa shape index (κ1) is 11.1. The maximum atomic E-state index is 8.94. The van der Waals surface area contributed by atoms with E-state index in [1.165, 1.54) is 6.33 Å². The van der Waals surface area contributed by atoms with Crippen LogP contribution in [-0.4, -0.2) is 14.5 Å². The molecule has 0 bridgehead atoms. The van der Waals surface area contributed by atoms with E-state index in [-0.39, 0.29) is 11.4 Å². The van der Waals surface area contributed by atoms with E-state index in [1.807, 2.05) is 12.1 Å². The van der Waals surface area contributed by atoms with Crippen molar-refractivity contribution in [3.05, 3.63) is 46.8 Å². The van der Waals surface area contributed by atoms with Crippen molar-refractivity contribution in [2.45, 2.75) is 6.54 Å². The van der Waals surface area contributed by atoms with E-state index in [0.29, 0.717) is 17.4 Å². The van der Waals surface area contributed by atoms with Crippen LogP contribution in [0.15, 0.2) is 24.5 Å². The predicted octanol–water partition coefficient (Wildman–Crippen LogP) is 1.72. The number of rotatable bonds is 2. The molecule has 2 heterocycles. The summed E-state index contributed by atoms with van der Waals surface area (Å²) in [5, 5.41) is 18.1. The lowest BCUT2D eigenvalue weighted by Crippen LogP contribution is -2.03. The summed E-state index contributed by atoms with van der Waals surface area (Å²) in [6.07, 6.45) is 1.44. The molecule has 0 unspecified atom stereocenters. The van der Waals surface area contributed by atoms with Crippen LogP contribution in [0, 0.1) is 22.7 Å². The van der Waals surface area contributed by atoms with Crippen molar-refractivity contribution in [3.63, 3.8) is 0 Å². The fraction of sp³-hybridized carbons (Fsp3) is 0.0909. The number of pyridine rings is 1.